The molecule has 4 nitrogen and oxygen atoms in total. The summed E-state index contributed by atoms with van der Waals surface area (Å²) in [5.41, 5.74) is 1.72. The summed E-state index contributed by atoms with van der Waals surface area (Å²) in [4.78, 5) is 14.1. The van der Waals surface area contributed by atoms with Crippen molar-refractivity contribution in [2.24, 2.45) is 0 Å². The van der Waals surface area contributed by atoms with Crippen LogP contribution in [-0.2, 0) is 0 Å². The first-order valence-electron chi connectivity index (χ1n) is 4.80. The molecule has 0 aliphatic heterocycles. The van der Waals surface area contributed by atoms with Crippen LogP contribution in [0.3, 0.4) is 0 Å². The molecule has 0 bridgehead atoms. The Morgan fingerprint density at radius 2 is 1.81 bits per heavy atom. The Morgan fingerprint density at radius 1 is 1.06 bits per heavy atom. The van der Waals surface area contributed by atoms with Crippen molar-refractivity contribution in [2.75, 3.05) is 0 Å². The Balaban J connectivity index is 2.55. The number of aromatic hydroxyl groups is 2. The fourth-order valence-electron chi connectivity index (χ4n) is 1.41. The molecule has 2 rings (SSSR count). The van der Waals surface area contributed by atoms with Gasteiger partial charge in [-0.1, -0.05) is 6.07 Å². The Bertz CT molecular complexity index is 587. The van der Waals surface area contributed by atoms with E-state index in [2.05, 4.69) is 4.98 Å². The molecular formula is C12H11NO3. The van der Waals surface area contributed by atoms with E-state index in [9.17, 15) is 9.90 Å². The van der Waals surface area contributed by atoms with Crippen molar-refractivity contribution >= 4 is 0 Å². The molecule has 2 aromatic rings. The van der Waals surface area contributed by atoms with Crippen molar-refractivity contribution in [3.63, 3.8) is 0 Å². The number of phenols is 2. The summed E-state index contributed by atoms with van der Waals surface area (Å²) >= 11 is 0. The topological polar surface area (TPSA) is 73.3 Å². The number of hydrogen-bond acceptors (Lipinski definition) is 3. The minimum Gasteiger partial charge on any atom is -0.504 e. The lowest BCUT2D eigenvalue weighted by atomic mass is 10.1. The summed E-state index contributed by atoms with van der Waals surface area (Å²) in [7, 11) is 0. The highest BCUT2D eigenvalue weighted by Crippen LogP contribution is 2.29. The van der Waals surface area contributed by atoms with E-state index in [1.807, 2.05) is 0 Å². The summed E-state index contributed by atoms with van der Waals surface area (Å²) in [6.07, 6.45) is 0. The normalized spacial score (nSPS) is 10.3. The van der Waals surface area contributed by atoms with Crippen molar-refractivity contribution < 1.29 is 10.2 Å². The third-order valence-corrected chi connectivity index (χ3v) is 2.39. The average molecular weight is 217 g/mol. The molecule has 0 radical (unpaired) electrons. The first-order valence-corrected chi connectivity index (χ1v) is 4.80. The van der Waals surface area contributed by atoms with Crippen molar-refractivity contribution in [3.05, 3.63) is 46.2 Å². The van der Waals surface area contributed by atoms with Crippen LogP contribution in [0.4, 0.5) is 0 Å². The molecule has 4 heteroatoms. The van der Waals surface area contributed by atoms with E-state index in [0.717, 1.165) is 0 Å². The van der Waals surface area contributed by atoms with Gasteiger partial charge in [0, 0.05) is 16.8 Å². The SMILES string of the molecule is Cc1ccc(-c2ccc(O)c(O)c2)[nH]c1=O. The lowest BCUT2D eigenvalue weighted by Crippen LogP contribution is -2.09. The lowest BCUT2D eigenvalue weighted by molar-refractivity contribution is 0.404. The fourth-order valence-corrected chi connectivity index (χ4v) is 1.41. The first-order chi connectivity index (χ1) is 7.58. The Labute approximate surface area is 91.8 Å². The average Bonchev–Trinajstić information content (AvgIpc) is 2.26. The van der Waals surface area contributed by atoms with Crippen LogP contribution < -0.4 is 5.56 Å². The van der Waals surface area contributed by atoms with Gasteiger partial charge in [0.25, 0.3) is 5.56 Å². The van der Waals surface area contributed by atoms with Crippen LogP contribution in [0.25, 0.3) is 11.3 Å². The van der Waals surface area contributed by atoms with Crippen LogP contribution in [-0.4, -0.2) is 15.2 Å². The van der Waals surface area contributed by atoms with Crippen molar-refractivity contribution in [1.82, 2.24) is 4.98 Å². The number of aryl methyl sites for hydroxylation is 1. The number of rotatable bonds is 1. The zero-order valence-corrected chi connectivity index (χ0v) is 8.69. The molecule has 1 aromatic carbocycles. The highest BCUT2D eigenvalue weighted by Gasteiger charge is 2.04. The van der Waals surface area contributed by atoms with Gasteiger partial charge < -0.3 is 15.2 Å². The highest BCUT2D eigenvalue weighted by atomic mass is 16.3. The number of hydrogen-bond donors (Lipinski definition) is 3. The van der Waals surface area contributed by atoms with Crippen molar-refractivity contribution in [2.45, 2.75) is 6.92 Å². The summed E-state index contributed by atoms with van der Waals surface area (Å²) in [5, 5.41) is 18.5. The van der Waals surface area contributed by atoms with Crippen LogP contribution in [0.2, 0.25) is 0 Å². The van der Waals surface area contributed by atoms with Gasteiger partial charge >= 0.3 is 0 Å². The predicted molar refractivity (Wildman–Crippen MR) is 60.6 cm³/mol. The molecule has 1 heterocycles. The minimum atomic E-state index is -0.209. The van der Waals surface area contributed by atoms with E-state index in [1.54, 1.807) is 25.1 Å². The van der Waals surface area contributed by atoms with Gasteiger partial charge in [-0.15, -0.1) is 0 Å². The van der Waals surface area contributed by atoms with Crippen LogP contribution >= 0.6 is 0 Å². The van der Waals surface area contributed by atoms with Crippen LogP contribution in [0.15, 0.2) is 35.1 Å². The molecule has 16 heavy (non-hydrogen) atoms. The van der Waals surface area contributed by atoms with Gasteiger partial charge in [0.1, 0.15) is 0 Å². The molecule has 0 atom stereocenters. The third-order valence-electron chi connectivity index (χ3n) is 2.39. The van der Waals surface area contributed by atoms with Gasteiger partial charge in [-0.05, 0) is 31.2 Å². The second-order valence-corrected chi connectivity index (χ2v) is 3.59. The molecule has 0 amide bonds. The number of H-pyrrole nitrogens is 1. The number of phenolic OH excluding ortho intramolecular Hbond substituents is 2. The van der Waals surface area contributed by atoms with Crippen LogP contribution in [0.5, 0.6) is 11.5 Å². The summed E-state index contributed by atoms with van der Waals surface area (Å²) in [5.74, 6) is -0.392. The van der Waals surface area contributed by atoms with Gasteiger partial charge in [-0.3, -0.25) is 4.79 Å². The number of aromatic amines is 1. The molecular weight excluding hydrogens is 206 g/mol. The molecule has 0 aliphatic carbocycles. The first kappa shape index (κ1) is 10.3. The number of pyridine rings is 1. The van der Waals surface area contributed by atoms with E-state index < -0.39 is 0 Å². The second-order valence-electron chi connectivity index (χ2n) is 3.59. The molecule has 1 aromatic heterocycles. The smallest absolute Gasteiger partial charge is 0.251 e. The minimum absolute atomic E-state index is 0.162. The zero-order valence-electron chi connectivity index (χ0n) is 8.69. The second kappa shape index (κ2) is 3.73. The van der Waals surface area contributed by atoms with Gasteiger partial charge in [-0.2, -0.15) is 0 Å². The lowest BCUT2D eigenvalue weighted by Gasteiger charge is -2.04. The molecule has 3 N–H and O–H groups in total. The molecule has 0 aliphatic rings. The summed E-state index contributed by atoms with van der Waals surface area (Å²) in [6, 6.07) is 7.86. The van der Waals surface area contributed by atoms with Gasteiger partial charge in [0.2, 0.25) is 0 Å². The van der Waals surface area contributed by atoms with Crippen LogP contribution in [0, 0.1) is 6.92 Å². The van der Waals surface area contributed by atoms with Gasteiger partial charge in [0.15, 0.2) is 11.5 Å². The van der Waals surface area contributed by atoms with Crippen molar-refractivity contribution in [3.8, 4) is 22.8 Å². The number of aromatic nitrogens is 1. The van der Waals surface area contributed by atoms with E-state index in [4.69, 9.17) is 5.11 Å². The van der Waals surface area contributed by atoms with E-state index in [-0.39, 0.29) is 17.1 Å². The monoisotopic (exact) mass is 217 g/mol. The summed E-state index contributed by atoms with van der Waals surface area (Å²) in [6.45, 7) is 1.72. The van der Waals surface area contributed by atoms with Gasteiger partial charge in [-0.25, -0.2) is 0 Å². The van der Waals surface area contributed by atoms with Crippen molar-refractivity contribution in [1.29, 1.82) is 0 Å². The Kier molecular flexibility index (Phi) is 2.40. The molecule has 0 saturated carbocycles. The maximum Gasteiger partial charge on any atom is 0.251 e. The quantitative estimate of drug-likeness (QED) is 0.637. The van der Waals surface area contributed by atoms with E-state index >= 15 is 0 Å². The third kappa shape index (κ3) is 1.77. The largest absolute Gasteiger partial charge is 0.504 e. The maximum atomic E-state index is 11.4. The van der Waals surface area contributed by atoms with E-state index in [1.165, 1.54) is 12.1 Å². The zero-order chi connectivity index (χ0) is 11.7. The molecule has 0 unspecified atom stereocenters. The fraction of sp³-hybridized carbons (Fsp3) is 0.0833. The Morgan fingerprint density at radius 3 is 2.44 bits per heavy atom. The summed E-state index contributed by atoms with van der Waals surface area (Å²) < 4.78 is 0. The predicted octanol–water partition coefficient (Wildman–Crippen LogP) is 1.76. The number of nitrogens with one attached hydrogen (secondary N) is 1. The molecule has 82 valence electrons. The molecule has 0 saturated heterocycles. The van der Waals surface area contributed by atoms with Crippen LogP contribution in [0.1, 0.15) is 5.56 Å². The molecule has 0 fully saturated rings. The molecule has 0 spiro atoms. The standard InChI is InChI=1S/C12H11NO3/c1-7-2-4-9(13-12(7)16)8-3-5-10(14)11(15)6-8/h2-6,14-15H,1H3,(H,13,16). The maximum absolute atomic E-state index is 11.4. The van der Waals surface area contributed by atoms with Gasteiger partial charge in [0.05, 0.1) is 0 Å². The number of benzene rings is 1. The van der Waals surface area contributed by atoms with E-state index in [0.29, 0.717) is 16.8 Å². The Hall–Kier alpha value is -2.23. The highest BCUT2D eigenvalue weighted by molar-refractivity contribution is 5.63.